The summed E-state index contributed by atoms with van der Waals surface area (Å²) in [6, 6.07) is 14.9. The summed E-state index contributed by atoms with van der Waals surface area (Å²) in [5, 5.41) is 15.3. The molecule has 0 radical (unpaired) electrons. The Morgan fingerprint density at radius 2 is 1.88 bits per heavy atom. The van der Waals surface area contributed by atoms with Crippen LogP contribution < -0.4 is 0 Å². The Morgan fingerprint density at radius 3 is 2.69 bits per heavy atom. The second kappa shape index (κ2) is 6.03. The van der Waals surface area contributed by atoms with E-state index in [1.807, 2.05) is 48.5 Å². The molecule has 0 unspecified atom stereocenters. The summed E-state index contributed by atoms with van der Waals surface area (Å²) in [4.78, 5) is 25.6. The molecule has 7 nitrogen and oxygen atoms in total. The number of benzene rings is 2. The monoisotopic (exact) mass is 348 g/mol. The number of aromatic nitrogens is 1. The van der Waals surface area contributed by atoms with Crippen molar-refractivity contribution in [3.8, 4) is 5.88 Å². The van der Waals surface area contributed by atoms with E-state index < -0.39 is 6.09 Å². The van der Waals surface area contributed by atoms with Gasteiger partial charge in [0.15, 0.2) is 5.88 Å². The number of carbonyl (C=O) groups excluding carboxylic acids is 1. The number of rotatable bonds is 2. The zero-order valence-corrected chi connectivity index (χ0v) is 14.2. The Labute approximate surface area is 149 Å². The van der Waals surface area contributed by atoms with Gasteiger partial charge in [-0.25, -0.2) is 9.79 Å². The lowest BCUT2D eigenvalue weighted by molar-refractivity contribution is 0.122. The Bertz CT molecular complexity index is 1080. The van der Waals surface area contributed by atoms with Crippen LogP contribution in [-0.4, -0.2) is 46.6 Å². The van der Waals surface area contributed by atoms with Crippen molar-refractivity contribution in [2.75, 3.05) is 14.1 Å². The van der Waals surface area contributed by atoms with Gasteiger partial charge in [-0.15, -0.1) is 0 Å². The fraction of sp³-hybridized carbons (Fsp3) is 0.105. The summed E-state index contributed by atoms with van der Waals surface area (Å²) in [6.07, 6.45) is -0.593. The maximum atomic E-state index is 11.8. The van der Waals surface area contributed by atoms with Crippen molar-refractivity contribution in [1.29, 1.82) is 0 Å². The Balaban J connectivity index is 1.87. The van der Waals surface area contributed by atoms with Crippen LogP contribution in [0.3, 0.4) is 0 Å². The minimum absolute atomic E-state index is 0.00982. The topological polar surface area (TPSA) is 90.3 Å². The number of amides is 1. The zero-order valence-electron chi connectivity index (χ0n) is 14.2. The van der Waals surface area contributed by atoms with E-state index in [1.165, 1.54) is 4.90 Å². The highest BCUT2D eigenvalue weighted by Crippen LogP contribution is 2.35. The van der Waals surface area contributed by atoms with Crippen LogP contribution in [0.4, 0.5) is 10.5 Å². The molecular formula is C19H16N4O3. The lowest BCUT2D eigenvalue weighted by Gasteiger charge is -2.08. The normalized spacial score (nSPS) is 14.4. The standard InChI is InChI=1S/C19H16N4O3/c1-23(2)19(25)26-22-16-12-8-4-6-10-14(12)20-17(16)15-11-7-3-5-9-13(11)21-18(15)24/h3-10,21,24H,1-2H3/b22-16+. The number of nitrogens with zero attached hydrogens (tertiary/aromatic N) is 3. The minimum atomic E-state index is -0.593. The van der Waals surface area contributed by atoms with Crippen molar-refractivity contribution in [2.24, 2.45) is 10.1 Å². The van der Waals surface area contributed by atoms with E-state index in [1.54, 1.807) is 14.1 Å². The highest BCUT2D eigenvalue weighted by atomic mass is 16.7. The predicted octanol–water partition coefficient (Wildman–Crippen LogP) is 3.41. The van der Waals surface area contributed by atoms with E-state index in [9.17, 15) is 9.90 Å². The lowest BCUT2D eigenvalue weighted by Crippen LogP contribution is -2.22. The number of aromatic hydroxyl groups is 1. The molecule has 1 aromatic heterocycles. The molecule has 1 aliphatic heterocycles. The SMILES string of the molecule is CN(C)C(=O)O/N=C1/C(c2c(O)[nH]c3ccccc23)=Nc2ccccc21. The van der Waals surface area contributed by atoms with Crippen LogP contribution in [0, 0.1) is 0 Å². The van der Waals surface area contributed by atoms with Gasteiger partial charge in [0, 0.05) is 30.6 Å². The number of carbonyl (C=O) groups is 1. The summed E-state index contributed by atoms with van der Waals surface area (Å²) in [6.45, 7) is 0. The number of hydrogen-bond acceptors (Lipinski definition) is 5. The van der Waals surface area contributed by atoms with E-state index in [0.717, 1.165) is 16.5 Å². The Hall–Kier alpha value is -3.61. The number of fused-ring (bicyclic) bond motifs is 2. The maximum Gasteiger partial charge on any atom is 0.435 e. The highest BCUT2D eigenvalue weighted by molar-refractivity contribution is 6.58. The molecule has 0 spiro atoms. The van der Waals surface area contributed by atoms with Crippen LogP contribution >= 0.6 is 0 Å². The van der Waals surface area contributed by atoms with Gasteiger partial charge < -0.3 is 15.0 Å². The van der Waals surface area contributed by atoms with E-state index in [-0.39, 0.29) is 5.88 Å². The molecule has 2 heterocycles. The quantitative estimate of drug-likeness (QED) is 0.549. The second-order valence-corrected chi connectivity index (χ2v) is 6.06. The van der Waals surface area contributed by atoms with E-state index in [0.29, 0.717) is 22.7 Å². The van der Waals surface area contributed by atoms with Crippen LogP contribution in [0.2, 0.25) is 0 Å². The van der Waals surface area contributed by atoms with Gasteiger partial charge in [0.05, 0.1) is 11.3 Å². The van der Waals surface area contributed by atoms with Crippen LogP contribution in [0.25, 0.3) is 10.9 Å². The van der Waals surface area contributed by atoms with Crippen molar-refractivity contribution in [3.63, 3.8) is 0 Å². The first-order valence-corrected chi connectivity index (χ1v) is 8.01. The summed E-state index contributed by atoms with van der Waals surface area (Å²) < 4.78 is 0. The number of hydrogen-bond donors (Lipinski definition) is 2. The van der Waals surface area contributed by atoms with Crippen molar-refractivity contribution in [3.05, 3.63) is 59.7 Å². The van der Waals surface area contributed by atoms with Crippen LogP contribution in [0.5, 0.6) is 5.88 Å². The predicted molar refractivity (Wildman–Crippen MR) is 99.3 cm³/mol. The summed E-state index contributed by atoms with van der Waals surface area (Å²) in [5.74, 6) is -0.00982. The van der Waals surface area contributed by atoms with Crippen molar-refractivity contribution in [2.45, 2.75) is 0 Å². The molecule has 0 saturated carbocycles. The Kier molecular flexibility index (Phi) is 3.69. The number of nitrogens with one attached hydrogen (secondary N) is 1. The third-order valence-corrected chi connectivity index (χ3v) is 4.12. The van der Waals surface area contributed by atoms with Crippen molar-refractivity contribution >= 4 is 34.1 Å². The van der Waals surface area contributed by atoms with Gasteiger partial charge in [-0.3, -0.25) is 4.84 Å². The number of aliphatic imine (C=N–C) groups is 1. The molecule has 2 aromatic carbocycles. The molecule has 2 N–H and O–H groups in total. The van der Waals surface area contributed by atoms with Gasteiger partial charge in [-0.2, -0.15) is 0 Å². The first-order valence-electron chi connectivity index (χ1n) is 8.01. The Morgan fingerprint density at radius 1 is 1.15 bits per heavy atom. The fourth-order valence-electron chi connectivity index (χ4n) is 2.87. The zero-order chi connectivity index (χ0) is 18.3. The largest absolute Gasteiger partial charge is 0.494 e. The third kappa shape index (κ3) is 2.50. The average Bonchev–Trinajstić information content (AvgIpc) is 3.15. The molecule has 7 heteroatoms. The van der Waals surface area contributed by atoms with Gasteiger partial charge in [-0.1, -0.05) is 41.6 Å². The molecule has 3 aromatic rings. The van der Waals surface area contributed by atoms with E-state index in [2.05, 4.69) is 15.1 Å². The first-order chi connectivity index (χ1) is 12.6. The molecule has 0 fully saturated rings. The molecular weight excluding hydrogens is 332 g/mol. The molecule has 0 atom stereocenters. The van der Waals surface area contributed by atoms with Gasteiger partial charge in [0.25, 0.3) is 0 Å². The highest BCUT2D eigenvalue weighted by Gasteiger charge is 2.29. The van der Waals surface area contributed by atoms with Crippen LogP contribution in [0.1, 0.15) is 11.1 Å². The summed E-state index contributed by atoms with van der Waals surface area (Å²) in [5.41, 5.74) is 3.59. The van der Waals surface area contributed by atoms with E-state index >= 15 is 0 Å². The molecule has 0 saturated heterocycles. The average molecular weight is 348 g/mol. The number of aromatic amines is 1. The molecule has 4 rings (SSSR count). The van der Waals surface area contributed by atoms with E-state index in [4.69, 9.17) is 4.84 Å². The first kappa shape index (κ1) is 15.9. The molecule has 0 bridgehead atoms. The molecule has 26 heavy (non-hydrogen) atoms. The van der Waals surface area contributed by atoms with Crippen LogP contribution in [-0.2, 0) is 4.84 Å². The smallest absolute Gasteiger partial charge is 0.435 e. The molecule has 1 amide bonds. The summed E-state index contributed by atoms with van der Waals surface area (Å²) in [7, 11) is 3.15. The van der Waals surface area contributed by atoms with Gasteiger partial charge in [0.2, 0.25) is 0 Å². The molecule has 0 aliphatic carbocycles. The number of H-pyrrole nitrogens is 1. The van der Waals surface area contributed by atoms with Crippen molar-refractivity contribution in [1.82, 2.24) is 9.88 Å². The molecule has 1 aliphatic rings. The molecule has 130 valence electrons. The minimum Gasteiger partial charge on any atom is -0.494 e. The lowest BCUT2D eigenvalue weighted by atomic mass is 10.0. The summed E-state index contributed by atoms with van der Waals surface area (Å²) >= 11 is 0. The fourth-order valence-corrected chi connectivity index (χ4v) is 2.87. The van der Waals surface area contributed by atoms with Gasteiger partial charge >= 0.3 is 6.09 Å². The maximum absolute atomic E-state index is 11.8. The van der Waals surface area contributed by atoms with Crippen LogP contribution in [0.15, 0.2) is 58.7 Å². The van der Waals surface area contributed by atoms with Gasteiger partial charge in [-0.05, 0) is 12.1 Å². The van der Waals surface area contributed by atoms with Crippen molar-refractivity contribution < 1.29 is 14.7 Å². The second-order valence-electron chi connectivity index (χ2n) is 6.06. The number of oxime groups is 1. The third-order valence-electron chi connectivity index (χ3n) is 4.12. The van der Waals surface area contributed by atoms with Gasteiger partial charge in [0.1, 0.15) is 11.4 Å². The number of para-hydroxylation sites is 2.